The Hall–Kier alpha value is -3.18. The van der Waals surface area contributed by atoms with Crippen LogP contribution in [-0.4, -0.2) is 23.3 Å². The average molecular weight is 417 g/mol. The molecule has 0 fully saturated rings. The van der Waals surface area contributed by atoms with Gasteiger partial charge in [-0.15, -0.1) is 11.3 Å². The minimum Gasteiger partial charge on any atom is -0.334 e. The van der Waals surface area contributed by atoms with E-state index in [1.807, 2.05) is 67.3 Å². The second kappa shape index (κ2) is 8.67. The number of thiophene rings is 1. The number of hydrogen-bond donors (Lipinski definition) is 1. The number of amides is 2. The van der Waals surface area contributed by atoms with Crippen molar-refractivity contribution < 1.29 is 9.59 Å². The smallest absolute Gasteiger partial charge is 0.254 e. The van der Waals surface area contributed by atoms with Crippen LogP contribution in [0.3, 0.4) is 0 Å². The third-order valence-electron chi connectivity index (χ3n) is 5.49. The maximum atomic E-state index is 13.2. The molecule has 1 aliphatic rings. The first kappa shape index (κ1) is 20.1. The normalized spacial score (nSPS) is 13.7. The molecule has 0 aliphatic carbocycles. The van der Waals surface area contributed by atoms with Crippen LogP contribution in [0.1, 0.15) is 38.8 Å². The highest BCUT2D eigenvalue weighted by Gasteiger charge is 2.24. The summed E-state index contributed by atoms with van der Waals surface area (Å²) >= 11 is 1.76. The van der Waals surface area contributed by atoms with Crippen molar-refractivity contribution in [2.75, 3.05) is 11.9 Å². The van der Waals surface area contributed by atoms with E-state index in [0.29, 0.717) is 17.8 Å². The Balaban J connectivity index is 1.50. The third kappa shape index (κ3) is 4.21. The highest BCUT2D eigenvalue weighted by Crippen LogP contribution is 2.27. The molecule has 5 heteroatoms. The lowest BCUT2D eigenvalue weighted by molar-refractivity contribution is -0.111. The van der Waals surface area contributed by atoms with Gasteiger partial charge in [-0.05, 0) is 66.1 Å². The van der Waals surface area contributed by atoms with Gasteiger partial charge in [0.25, 0.3) is 5.91 Å². The van der Waals surface area contributed by atoms with Crippen LogP contribution < -0.4 is 5.32 Å². The standard InChI is InChI=1S/C25H24N2O2S/c1-17(19-7-4-3-5-8-19)15-24(28)26-22-10-6-9-21(18(22)2)25(29)27-13-11-23-20(16-27)12-14-30-23/h3-10,12,14-15H,11,13,16H2,1-2H3,(H,26,28)/b17-15+. The molecule has 1 aliphatic heterocycles. The second-order valence-electron chi connectivity index (χ2n) is 7.51. The van der Waals surface area contributed by atoms with E-state index in [1.165, 1.54) is 10.4 Å². The molecule has 4 nitrogen and oxygen atoms in total. The number of benzene rings is 2. The summed E-state index contributed by atoms with van der Waals surface area (Å²) < 4.78 is 0. The van der Waals surface area contributed by atoms with E-state index >= 15 is 0 Å². The summed E-state index contributed by atoms with van der Waals surface area (Å²) in [5.74, 6) is -0.193. The molecule has 4 rings (SSSR count). The van der Waals surface area contributed by atoms with Crippen molar-refractivity contribution in [1.82, 2.24) is 4.90 Å². The predicted octanol–water partition coefficient (Wildman–Crippen LogP) is 5.30. The number of nitrogens with one attached hydrogen (secondary N) is 1. The van der Waals surface area contributed by atoms with Gasteiger partial charge in [-0.1, -0.05) is 36.4 Å². The Morgan fingerprint density at radius 2 is 1.87 bits per heavy atom. The van der Waals surface area contributed by atoms with Crippen molar-refractivity contribution in [3.63, 3.8) is 0 Å². The van der Waals surface area contributed by atoms with E-state index in [2.05, 4.69) is 16.8 Å². The maximum absolute atomic E-state index is 13.2. The van der Waals surface area contributed by atoms with Crippen LogP contribution in [0.15, 0.2) is 66.1 Å². The van der Waals surface area contributed by atoms with E-state index in [-0.39, 0.29) is 11.8 Å². The van der Waals surface area contributed by atoms with E-state index in [0.717, 1.165) is 29.7 Å². The summed E-state index contributed by atoms with van der Waals surface area (Å²) in [6.07, 6.45) is 2.49. The molecular weight excluding hydrogens is 392 g/mol. The van der Waals surface area contributed by atoms with Crippen LogP contribution >= 0.6 is 11.3 Å². The first-order valence-corrected chi connectivity index (χ1v) is 10.9. The zero-order valence-electron chi connectivity index (χ0n) is 17.1. The van der Waals surface area contributed by atoms with Crippen LogP contribution in [0, 0.1) is 6.92 Å². The Morgan fingerprint density at radius 3 is 2.67 bits per heavy atom. The number of hydrogen-bond acceptors (Lipinski definition) is 3. The zero-order chi connectivity index (χ0) is 21.1. The van der Waals surface area contributed by atoms with Gasteiger partial charge in [0.15, 0.2) is 0 Å². The quantitative estimate of drug-likeness (QED) is 0.587. The number of fused-ring (bicyclic) bond motifs is 1. The van der Waals surface area contributed by atoms with Crippen LogP contribution in [0.4, 0.5) is 5.69 Å². The summed E-state index contributed by atoms with van der Waals surface area (Å²) in [6, 6.07) is 17.4. The molecule has 1 aromatic heterocycles. The molecular formula is C25H24N2O2S. The molecule has 3 aromatic rings. The van der Waals surface area contributed by atoms with Gasteiger partial charge in [-0.25, -0.2) is 0 Å². The average Bonchev–Trinajstić information content (AvgIpc) is 3.23. The topological polar surface area (TPSA) is 49.4 Å². The van der Waals surface area contributed by atoms with Crippen molar-refractivity contribution in [2.24, 2.45) is 0 Å². The van der Waals surface area contributed by atoms with Gasteiger partial charge in [0.2, 0.25) is 5.91 Å². The fraction of sp³-hybridized carbons (Fsp3) is 0.200. The van der Waals surface area contributed by atoms with Crippen LogP contribution in [0.25, 0.3) is 5.57 Å². The summed E-state index contributed by atoms with van der Waals surface area (Å²) in [4.78, 5) is 29.0. The zero-order valence-corrected chi connectivity index (χ0v) is 18.0. The molecule has 0 saturated carbocycles. The Labute approximate surface area is 180 Å². The minimum absolute atomic E-state index is 0.0106. The number of allylic oxidation sites excluding steroid dienone is 1. The first-order valence-electron chi connectivity index (χ1n) is 10.0. The van der Waals surface area contributed by atoms with E-state index < -0.39 is 0 Å². The number of carbonyl (C=O) groups excluding carboxylic acids is 2. The predicted molar refractivity (Wildman–Crippen MR) is 123 cm³/mol. The highest BCUT2D eigenvalue weighted by atomic mass is 32.1. The number of rotatable bonds is 4. The lowest BCUT2D eigenvalue weighted by Crippen LogP contribution is -2.35. The molecule has 0 saturated heterocycles. The lowest BCUT2D eigenvalue weighted by atomic mass is 10.0. The molecule has 30 heavy (non-hydrogen) atoms. The Kier molecular flexibility index (Phi) is 5.81. The van der Waals surface area contributed by atoms with Gasteiger partial charge < -0.3 is 10.2 Å². The molecule has 1 N–H and O–H groups in total. The van der Waals surface area contributed by atoms with Crippen molar-refractivity contribution >= 4 is 34.4 Å². The summed E-state index contributed by atoms with van der Waals surface area (Å²) in [6.45, 7) is 5.17. The van der Waals surface area contributed by atoms with Crippen LogP contribution in [-0.2, 0) is 17.8 Å². The third-order valence-corrected chi connectivity index (χ3v) is 6.52. The molecule has 2 aromatic carbocycles. The second-order valence-corrected chi connectivity index (χ2v) is 8.51. The van der Waals surface area contributed by atoms with Gasteiger partial charge in [0, 0.05) is 35.3 Å². The largest absolute Gasteiger partial charge is 0.334 e. The molecule has 0 unspecified atom stereocenters. The van der Waals surface area contributed by atoms with Crippen LogP contribution in [0.2, 0.25) is 0 Å². The summed E-state index contributed by atoms with van der Waals surface area (Å²) in [7, 11) is 0. The fourth-order valence-electron chi connectivity index (χ4n) is 3.74. The molecule has 152 valence electrons. The Morgan fingerprint density at radius 1 is 1.07 bits per heavy atom. The lowest BCUT2D eigenvalue weighted by Gasteiger charge is -2.28. The Bertz CT molecular complexity index is 1120. The first-order chi connectivity index (χ1) is 14.5. The van der Waals surface area contributed by atoms with Gasteiger partial charge >= 0.3 is 0 Å². The molecule has 0 bridgehead atoms. The van der Waals surface area contributed by atoms with Gasteiger partial charge in [-0.2, -0.15) is 0 Å². The molecule has 0 radical (unpaired) electrons. The van der Waals surface area contributed by atoms with E-state index in [1.54, 1.807) is 17.4 Å². The minimum atomic E-state index is -0.204. The number of anilines is 1. The van der Waals surface area contributed by atoms with Crippen molar-refractivity contribution in [3.8, 4) is 0 Å². The number of carbonyl (C=O) groups is 2. The van der Waals surface area contributed by atoms with E-state index in [4.69, 9.17) is 0 Å². The van der Waals surface area contributed by atoms with Gasteiger partial charge in [0.05, 0.1) is 0 Å². The fourth-order valence-corrected chi connectivity index (χ4v) is 4.63. The molecule has 2 heterocycles. The van der Waals surface area contributed by atoms with Crippen molar-refractivity contribution in [1.29, 1.82) is 0 Å². The molecule has 2 amide bonds. The molecule has 0 spiro atoms. The maximum Gasteiger partial charge on any atom is 0.254 e. The van der Waals surface area contributed by atoms with Crippen LogP contribution in [0.5, 0.6) is 0 Å². The monoisotopic (exact) mass is 416 g/mol. The van der Waals surface area contributed by atoms with Crippen molar-refractivity contribution in [2.45, 2.75) is 26.8 Å². The van der Waals surface area contributed by atoms with Crippen molar-refractivity contribution in [3.05, 3.63) is 93.2 Å². The molecule has 0 atom stereocenters. The van der Waals surface area contributed by atoms with E-state index in [9.17, 15) is 9.59 Å². The highest BCUT2D eigenvalue weighted by molar-refractivity contribution is 7.10. The summed E-state index contributed by atoms with van der Waals surface area (Å²) in [5, 5.41) is 5.02. The number of nitrogens with zero attached hydrogens (tertiary/aromatic N) is 1. The SMILES string of the molecule is C/C(=C\C(=O)Nc1cccc(C(=O)N2CCc3sccc3C2)c1C)c1ccccc1. The van der Waals surface area contributed by atoms with Gasteiger partial charge in [-0.3, -0.25) is 9.59 Å². The summed E-state index contributed by atoms with van der Waals surface area (Å²) in [5.41, 5.74) is 5.22. The van der Waals surface area contributed by atoms with Gasteiger partial charge in [0.1, 0.15) is 0 Å².